The summed E-state index contributed by atoms with van der Waals surface area (Å²) in [5.74, 6) is 1.53. The van der Waals surface area contributed by atoms with Crippen molar-refractivity contribution in [2.75, 3.05) is 0 Å². The summed E-state index contributed by atoms with van der Waals surface area (Å²) in [6, 6.07) is 20.7. The van der Waals surface area contributed by atoms with E-state index in [1.54, 1.807) is 24.3 Å². The van der Waals surface area contributed by atoms with E-state index in [1.165, 1.54) is 5.56 Å². The Balaban J connectivity index is 1.65. The largest absolute Gasteiger partial charge is 0.489 e. The van der Waals surface area contributed by atoms with Gasteiger partial charge in [0.15, 0.2) is 0 Å². The summed E-state index contributed by atoms with van der Waals surface area (Å²) in [6.07, 6.45) is 0.918. The van der Waals surface area contributed by atoms with Gasteiger partial charge in [0.05, 0.1) is 0 Å². The molecule has 0 atom stereocenters. The van der Waals surface area contributed by atoms with E-state index in [-0.39, 0.29) is 11.7 Å². The summed E-state index contributed by atoms with van der Waals surface area (Å²) in [7, 11) is 0. The molecule has 0 heterocycles. The standard InChI is InChI=1S/C24H26N4O2/c1-2-16-11-17(14-29-21-7-3-19(4-8-21)23(25)26)13-18(12-16)15-30-22-9-5-20(6-10-22)24(27)28/h3-13H,2,14-15H2,1H3,(H3,25,26)(H3,27,28). The number of nitrogens with one attached hydrogen (secondary N) is 2. The molecule has 0 unspecified atom stereocenters. The van der Waals surface area contributed by atoms with E-state index in [4.69, 9.17) is 31.8 Å². The van der Waals surface area contributed by atoms with Crippen molar-refractivity contribution in [3.63, 3.8) is 0 Å². The maximum absolute atomic E-state index is 7.45. The molecule has 0 amide bonds. The van der Waals surface area contributed by atoms with Crippen molar-refractivity contribution in [2.45, 2.75) is 26.6 Å². The lowest BCUT2D eigenvalue weighted by atomic mass is 10.0. The first-order valence-electron chi connectivity index (χ1n) is 9.71. The van der Waals surface area contributed by atoms with Crippen LogP contribution in [0.2, 0.25) is 0 Å². The van der Waals surface area contributed by atoms with Crippen molar-refractivity contribution in [3.05, 3.63) is 94.5 Å². The third-order valence-electron chi connectivity index (χ3n) is 4.66. The van der Waals surface area contributed by atoms with Gasteiger partial charge in [0.2, 0.25) is 0 Å². The minimum Gasteiger partial charge on any atom is -0.489 e. The highest BCUT2D eigenvalue weighted by Gasteiger charge is 2.05. The number of nitrogens with two attached hydrogens (primary N) is 2. The molecule has 0 aromatic heterocycles. The first kappa shape index (κ1) is 20.9. The van der Waals surface area contributed by atoms with Gasteiger partial charge in [-0.1, -0.05) is 19.1 Å². The van der Waals surface area contributed by atoms with Crippen LogP contribution in [-0.4, -0.2) is 11.7 Å². The van der Waals surface area contributed by atoms with E-state index in [9.17, 15) is 0 Å². The van der Waals surface area contributed by atoms with E-state index in [0.717, 1.165) is 29.0 Å². The fourth-order valence-corrected chi connectivity index (χ4v) is 3.00. The Morgan fingerprint density at radius 1 is 0.667 bits per heavy atom. The summed E-state index contributed by atoms with van der Waals surface area (Å²) in [5.41, 5.74) is 15.7. The Bertz CT molecular complexity index is 948. The lowest BCUT2D eigenvalue weighted by Crippen LogP contribution is -2.10. The summed E-state index contributed by atoms with van der Waals surface area (Å²) in [6.45, 7) is 2.99. The zero-order valence-electron chi connectivity index (χ0n) is 16.9. The Hall–Kier alpha value is -3.80. The van der Waals surface area contributed by atoms with Crippen LogP contribution in [0.15, 0.2) is 66.7 Å². The molecule has 6 nitrogen and oxygen atoms in total. The predicted molar refractivity (Wildman–Crippen MR) is 119 cm³/mol. The number of nitrogen functional groups attached to an aromatic ring is 2. The first-order valence-corrected chi connectivity index (χ1v) is 9.71. The quantitative estimate of drug-likeness (QED) is 0.320. The third kappa shape index (κ3) is 5.61. The van der Waals surface area contributed by atoms with Gasteiger partial charge in [-0.05, 0) is 77.7 Å². The van der Waals surface area contributed by atoms with Crippen molar-refractivity contribution < 1.29 is 9.47 Å². The van der Waals surface area contributed by atoms with E-state index in [0.29, 0.717) is 24.3 Å². The van der Waals surface area contributed by atoms with Crippen molar-refractivity contribution in [1.29, 1.82) is 10.8 Å². The van der Waals surface area contributed by atoms with Crippen LogP contribution in [0.25, 0.3) is 0 Å². The normalized spacial score (nSPS) is 10.4. The Morgan fingerprint density at radius 2 is 1.03 bits per heavy atom. The second kappa shape index (κ2) is 9.60. The van der Waals surface area contributed by atoms with Crippen molar-refractivity contribution in [2.24, 2.45) is 11.5 Å². The van der Waals surface area contributed by atoms with Crippen LogP contribution in [0.4, 0.5) is 0 Å². The molecule has 0 spiro atoms. The molecule has 0 aliphatic rings. The topological polar surface area (TPSA) is 118 Å². The number of hydrogen-bond acceptors (Lipinski definition) is 4. The van der Waals surface area contributed by atoms with Crippen LogP contribution in [0.1, 0.15) is 34.7 Å². The smallest absolute Gasteiger partial charge is 0.122 e. The summed E-state index contributed by atoms with van der Waals surface area (Å²) in [5, 5.41) is 14.9. The molecule has 6 heteroatoms. The van der Waals surface area contributed by atoms with Crippen LogP contribution in [0, 0.1) is 10.8 Å². The fourth-order valence-electron chi connectivity index (χ4n) is 3.00. The van der Waals surface area contributed by atoms with Crippen LogP contribution in [-0.2, 0) is 19.6 Å². The van der Waals surface area contributed by atoms with Gasteiger partial charge in [-0.3, -0.25) is 10.8 Å². The summed E-state index contributed by atoms with van der Waals surface area (Å²) in [4.78, 5) is 0. The second-order valence-electron chi connectivity index (χ2n) is 6.96. The van der Waals surface area contributed by atoms with E-state index in [2.05, 4.69) is 25.1 Å². The number of ether oxygens (including phenoxy) is 2. The van der Waals surface area contributed by atoms with Gasteiger partial charge in [0.25, 0.3) is 0 Å². The number of amidine groups is 2. The Morgan fingerprint density at radius 3 is 1.37 bits per heavy atom. The summed E-state index contributed by atoms with van der Waals surface area (Å²) >= 11 is 0. The van der Waals surface area contributed by atoms with Crippen molar-refractivity contribution in [1.82, 2.24) is 0 Å². The molecule has 3 aromatic rings. The Kier molecular flexibility index (Phi) is 6.70. The molecule has 154 valence electrons. The van der Waals surface area contributed by atoms with Crippen LogP contribution in [0.3, 0.4) is 0 Å². The number of rotatable bonds is 9. The van der Waals surface area contributed by atoms with Gasteiger partial charge >= 0.3 is 0 Å². The zero-order valence-corrected chi connectivity index (χ0v) is 16.9. The van der Waals surface area contributed by atoms with Gasteiger partial charge in [-0.25, -0.2) is 0 Å². The number of aryl methyl sites for hydroxylation is 1. The predicted octanol–water partition coefficient (Wildman–Crippen LogP) is 3.98. The average molecular weight is 402 g/mol. The Labute approximate surface area is 176 Å². The zero-order chi connectivity index (χ0) is 21.5. The summed E-state index contributed by atoms with van der Waals surface area (Å²) < 4.78 is 11.8. The molecule has 0 radical (unpaired) electrons. The molecule has 0 fully saturated rings. The molecule has 0 saturated heterocycles. The monoisotopic (exact) mass is 402 g/mol. The molecular weight excluding hydrogens is 376 g/mol. The highest BCUT2D eigenvalue weighted by molar-refractivity contribution is 5.95. The lowest BCUT2D eigenvalue weighted by molar-refractivity contribution is 0.299. The second-order valence-corrected chi connectivity index (χ2v) is 6.96. The van der Waals surface area contributed by atoms with Crippen molar-refractivity contribution in [3.8, 4) is 11.5 Å². The van der Waals surface area contributed by atoms with Crippen LogP contribution < -0.4 is 20.9 Å². The van der Waals surface area contributed by atoms with Crippen LogP contribution in [0.5, 0.6) is 11.5 Å². The van der Waals surface area contributed by atoms with E-state index >= 15 is 0 Å². The van der Waals surface area contributed by atoms with Gasteiger partial charge in [0, 0.05) is 11.1 Å². The third-order valence-corrected chi connectivity index (χ3v) is 4.66. The first-order chi connectivity index (χ1) is 14.4. The lowest BCUT2D eigenvalue weighted by Gasteiger charge is -2.12. The molecular formula is C24H26N4O2. The highest BCUT2D eigenvalue weighted by atomic mass is 16.5. The maximum Gasteiger partial charge on any atom is 0.122 e. The molecule has 6 N–H and O–H groups in total. The number of benzene rings is 3. The van der Waals surface area contributed by atoms with Crippen LogP contribution >= 0.6 is 0 Å². The molecule has 0 aliphatic carbocycles. The van der Waals surface area contributed by atoms with Gasteiger partial charge in [-0.15, -0.1) is 0 Å². The van der Waals surface area contributed by atoms with Crippen molar-refractivity contribution >= 4 is 11.7 Å². The molecule has 0 bridgehead atoms. The molecule has 0 saturated carbocycles. The van der Waals surface area contributed by atoms with Gasteiger partial charge < -0.3 is 20.9 Å². The number of hydrogen-bond donors (Lipinski definition) is 4. The molecule has 3 aromatic carbocycles. The molecule has 3 rings (SSSR count). The minimum atomic E-state index is 0.0396. The minimum absolute atomic E-state index is 0.0396. The molecule has 30 heavy (non-hydrogen) atoms. The fraction of sp³-hybridized carbons (Fsp3) is 0.167. The van der Waals surface area contributed by atoms with E-state index in [1.807, 2.05) is 24.3 Å². The maximum atomic E-state index is 7.45. The van der Waals surface area contributed by atoms with Gasteiger partial charge in [0.1, 0.15) is 36.4 Å². The highest BCUT2D eigenvalue weighted by Crippen LogP contribution is 2.19. The molecule has 0 aliphatic heterocycles. The SMILES string of the molecule is CCc1cc(COc2ccc(C(=N)N)cc2)cc(COc2ccc(C(=N)N)cc2)c1. The average Bonchev–Trinajstić information content (AvgIpc) is 2.76. The van der Waals surface area contributed by atoms with Gasteiger partial charge in [-0.2, -0.15) is 0 Å². The van der Waals surface area contributed by atoms with E-state index < -0.39 is 0 Å².